The first kappa shape index (κ1) is 15.8. The van der Waals surface area contributed by atoms with E-state index in [0.29, 0.717) is 5.70 Å². The molecule has 2 aliphatic carbocycles. The van der Waals surface area contributed by atoms with E-state index in [-0.39, 0.29) is 17.9 Å². The fourth-order valence-electron chi connectivity index (χ4n) is 4.10. The van der Waals surface area contributed by atoms with Crippen molar-refractivity contribution in [3.8, 4) is 6.07 Å². The van der Waals surface area contributed by atoms with Crippen molar-refractivity contribution in [2.24, 2.45) is 11.1 Å². The van der Waals surface area contributed by atoms with Crippen LogP contribution in [0.5, 0.6) is 0 Å². The van der Waals surface area contributed by atoms with Gasteiger partial charge in [0.25, 0.3) is 0 Å². The maximum Gasteiger partial charge on any atom is 0.238 e. The van der Waals surface area contributed by atoms with Crippen molar-refractivity contribution >= 4 is 11.6 Å². The Labute approximate surface area is 137 Å². The number of nitrogens with two attached hydrogens (primary N) is 1. The molecule has 1 aromatic carbocycles. The molecule has 120 valence electrons. The normalized spacial score (nSPS) is 19.7. The first-order valence-corrected chi connectivity index (χ1v) is 8.43. The number of carbonyl (C=O) groups excluding carboxylic acids is 1. The Bertz CT molecular complexity index is 676. The SMILES string of the molecule is N#CC1=C(NC(=O)CN)c2ccccc2CC12CCCCCC2. The minimum absolute atomic E-state index is 0.0720. The molecule has 1 fully saturated rings. The number of amides is 1. The lowest BCUT2D eigenvalue weighted by molar-refractivity contribution is -0.118. The minimum Gasteiger partial charge on any atom is -0.324 e. The van der Waals surface area contributed by atoms with Gasteiger partial charge in [-0.15, -0.1) is 0 Å². The standard InChI is InChI=1S/C19H23N3O/c20-12-16-18(22-17(23)13-21)15-8-4-3-7-14(15)11-19(16)9-5-1-2-6-10-19/h3-4,7-8H,1-2,5-6,9-11,13,21H2,(H,22,23). The molecule has 1 saturated carbocycles. The van der Waals surface area contributed by atoms with Crippen molar-refractivity contribution in [1.82, 2.24) is 5.32 Å². The lowest BCUT2D eigenvalue weighted by Gasteiger charge is -2.38. The van der Waals surface area contributed by atoms with Crippen LogP contribution >= 0.6 is 0 Å². The van der Waals surface area contributed by atoms with Crippen molar-refractivity contribution in [2.45, 2.75) is 44.9 Å². The highest BCUT2D eigenvalue weighted by Gasteiger charge is 2.41. The number of hydrogen-bond donors (Lipinski definition) is 2. The number of rotatable bonds is 2. The number of nitrogens with zero attached hydrogens (tertiary/aromatic N) is 1. The molecule has 1 spiro atoms. The lowest BCUT2D eigenvalue weighted by Crippen LogP contribution is -2.37. The van der Waals surface area contributed by atoms with Gasteiger partial charge in [0.15, 0.2) is 0 Å². The molecule has 1 amide bonds. The molecule has 3 rings (SSSR count). The van der Waals surface area contributed by atoms with Gasteiger partial charge in [-0.2, -0.15) is 5.26 Å². The van der Waals surface area contributed by atoms with E-state index in [4.69, 9.17) is 5.73 Å². The van der Waals surface area contributed by atoms with Crippen LogP contribution in [0.4, 0.5) is 0 Å². The van der Waals surface area contributed by atoms with E-state index in [1.165, 1.54) is 18.4 Å². The van der Waals surface area contributed by atoms with E-state index in [0.717, 1.165) is 43.2 Å². The van der Waals surface area contributed by atoms with Gasteiger partial charge in [-0.1, -0.05) is 49.9 Å². The highest BCUT2D eigenvalue weighted by molar-refractivity contribution is 5.91. The molecule has 0 aromatic heterocycles. The predicted molar refractivity (Wildman–Crippen MR) is 90.0 cm³/mol. The molecule has 4 heteroatoms. The lowest BCUT2D eigenvalue weighted by atomic mass is 9.65. The van der Waals surface area contributed by atoms with Gasteiger partial charge in [-0.3, -0.25) is 4.79 Å². The summed E-state index contributed by atoms with van der Waals surface area (Å²) in [4.78, 5) is 11.9. The van der Waals surface area contributed by atoms with Gasteiger partial charge >= 0.3 is 0 Å². The number of allylic oxidation sites excluding steroid dienone is 1. The van der Waals surface area contributed by atoms with Crippen molar-refractivity contribution in [3.05, 3.63) is 41.0 Å². The van der Waals surface area contributed by atoms with Gasteiger partial charge < -0.3 is 11.1 Å². The molecule has 0 bridgehead atoms. The van der Waals surface area contributed by atoms with E-state index >= 15 is 0 Å². The van der Waals surface area contributed by atoms with Crippen molar-refractivity contribution in [2.75, 3.05) is 6.54 Å². The summed E-state index contributed by atoms with van der Waals surface area (Å²) in [7, 11) is 0. The van der Waals surface area contributed by atoms with Gasteiger partial charge in [0.2, 0.25) is 5.91 Å². The zero-order valence-electron chi connectivity index (χ0n) is 13.4. The Balaban J connectivity index is 2.15. The van der Waals surface area contributed by atoms with Crippen LogP contribution in [-0.2, 0) is 11.2 Å². The molecule has 0 radical (unpaired) electrons. The molecule has 0 atom stereocenters. The summed E-state index contributed by atoms with van der Waals surface area (Å²) in [5.41, 5.74) is 8.98. The Kier molecular flexibility index (Phi) is 4.49. The maximum absolute atomic E-state index is 11.9. The van der Waals surface area contributed by atoms with Crippen LogP contribution in [0.1, 0.15) is 49.7 Å². The molecule has 0 heterocycles. The van der Waals surface area contributed by atoms with Crippen molar-refractivity contribution < 1.29 is 4.79 Å². The van der Waals surface area contributed by atoms with E-state index in [1.807, 2.05) is 18.2 Å². The van der Waals surface area contributed by atoms with Crippen LogP contribution in [0.3, 0.4) is 0 Å². The summed E-state index contributed by atoms with van der Waals surface area (Å²) >= 11 is 0. The highest BCUT2D eigenvalue weighted by atomic mass is 16.1. The molecule has 3 N–H and O–H groups in total. The quantitative estimate of drug-likeness (QED) is 0.881. The Morgan fingerprint density at radius 3 is 2.57 bits per heavy atom. The zero-order chi connectivity index (χ0) is 16.3. The predicted octanol–water partition coefficient (Wildman–Crippen LogP) is 2.89. The van der Waals surface area contributed by atoms with E-state index in [2.05, 4.69) is 17.5 Å². The Morgan fingerprint density at radius 1 is 1.22 bits per heavy atom. The smallest absolute Gasteiger partial charge is 0.238 e. The van der Waals surface area contributed by atoms with Crippen molar-refractivity contribution in [3.63, 3.8) is 0 Å². The van der Waals surface area contributed by atoms with Gasteiger partial charge in [0, 0.05) is 11.0 Å². The second kappa shape index (κ2) is 6.55. The molecule has 4 nitrogen and oxygen atoms in total. The topological polar surface area (TPSA) is 78.9 Å². The van der Waals surface area contributed by atoms with E-state index < -0.39 is 0 Å². The fraction of sp³-hybridized carbons (Fsp3) is 0.474. The summed E-state index contributed by atoms with van der Waals surface area (Å²) in [6.07, 6.45) is 7.68. The third-order valence-corrected chi connectivity index (χ3v) is 5.22. The number of nitriles is 1. The monoisotopic (exact) mass is 309 g/mol. The molecule has 2 aliphatic rings. The van der Waals surface area contributed by atoms with Crippen LogP contribution in [0.15, 0.2) is 29.8 Å². The molecule has 0 unspecified atom stereocenters. The second-order valence-corrected chi connectivity index (χ2v) is 6.64. The van der Waals surface area contributed by atoms with E-state index in [9.17, 15) is 10.1 Å². The molecular weight excluding hydrogens is 286 g/mol. The minimum atomic E-state index is -0.242. The van der Waals surface area contributed by atoms with Crippen LogP contribution in [0, 0.1) is 16.7 Å². The number of benzene rings is 1. The van der Waals surface area contributed by atoms with Crippen molar-refractivity contribution in [1.29, 1.82) is 5.26 Å². The van der Waals surface area contributed by atoms with Crippen LogP contribution in [0.2, 0.25) is 0 Å². The summed E-state index contributed by atoms with van der Waals surface area (Å²) < 4.78 is 0. The number of fused-ring (bicyclic) bond motifs is 1. The molecule has 0 aliphatic heterocycles. The fourth-order valence-corrected chi connectivity index (χ4v) is 4.10. The highest BCUT2D eigenvalue weighted by Crippen LogP contribution is 2.49. The second-order valence-electron chi connectivity index (χ2n) is 6.64. The summed E-state index contributed by atoms with van der Waals surface area (Å²) in [6, 6.07) is 10.5. The third-order valence-electron chi connectivity index (χ3n) is 5.22. The Morgan fingerprint density at radius 2 is 1.91 bits per heavy atom. The summed E-state index contributed by atoms with van der Waals surface area (Å²) in [6.45, 7) is -0.0720. The maximum atomic E-state index is 11.9. The largest absolute Gasteiger partial charge is 0.324 e. The van der Waals surface area contributed by atoms with E-state index in [1.54, 1.807) is 0 Å². The van der Waals surface area contributed by atoms with Crippen LogP contribution in [0.25, 0.3) is 5.70 Å². The first-order chi connectivity index (χ1) is 11.2. The molecule has 23 heavy (non-hydrogen) atoms. The van der Waals surface area contributed by atoms with Gasteiger partial charge in [0.1, 0.15) is 0 Å². The number of hydrogen-bond acceptors (Lipinski definition) is 3. The number of nitrogens with one attached hydrogen (secondary N) is 1. The van der Waals surface area contributed by atoms with Gasteiger partial charge in [0.05, 0.1) is 23.9 Å². The molecule has 0 saturated heterocycles. The molecular formula is C19H23N3O. The summed E-state index contributed by atoms with van der Waals surface area (Å²) in [5, 5.41) is 12.8. The summed E-state index contributed by atoms with van der Waals surface area (Å²) in [5.74, 6) is -0.242. The van der Waals surface area contributed by atoms with Gasteiger partial charge in [-0.05, 0) is 24.8 Å². The molecule has 1 aromatic rings. The zero-order valence-corrected chi connectivity index (χ0v) is 13.4. The average molecular weight is 309 g/mol. The first-order valence-electron chi connectivity index (χ1n) is 8.43. The average Bonchev–Trinajstić information content (AvgIpc) is 2.81. The van der Waals surface area contributed by atoms with Gasteiger partial charge in [-0.25, -0.2) is 0 Å². The Hall–Kier alpha value is -2.12. The van der Waals surface area contributed by atoms with Crippen LogP contribution in [-0.4, -0.2) is 12.5 Å². The number of carbonyl (C=O) groups is 1. The van der Waals surface area contributed by atoms with Crippen LogP contribution < -0.4 is 11.1 Å². The third kappa shape index (κ3) is 2.89.